The van der Waals surface area contributed by atoms with E-state index in [0.717, 1.165) is 11.3 Å². The average molecular weight is 463 g/mol. The lowest BCUT2D eigenvalue weighted by molar-refractivity contribution is -0.119. The number of aromatic amines is 1. The topological polar surface area (TPSA) is 125 Å². The van der Waals surface area contributed by atoms with Crippen LogP contribution in [-0.4, -0.2) is 34.7 Å². The number of nitrogens with zero attached hydrogens (tertiary/aromatic N) is 2. The number of anilines is 1. The van der Waals surface area contributed by atoms with Crippen LogP contribution in [0.25, 0.3) is 10.2 Å². The van der Waals surface area contributed by atoms with Crippen molar-refractivity contribution in [3.63, 3.8) is 0 Å². The van der Waals surface area contributed by atoms with Crippen LogP contribution < -0.4 is 10.9 Å². The molecule has 0 aliphatic carbocycles. The Hall–Kier alpha value is -2.87. The zero-order valence-corrected chi connectivity index (χ0v) is 18.3. The number of ether oxygens (including phenoxy) is 1. The number of H-pyrrole nitrogens is 1. The maximum atomic E-state index is 12.5. The third kappa shape index (κ3) is 4.64. The molecule has 0 aliphatic heterocycles. The lowest BCUT2D eigenvalue weighted by Crippen LogP contribution is -2.21. The smallest absolute Gasteiger partial charge is 0.349 e. The number of rotatable bonds is 6. The van der Waals surface area contributed by atoms with Crippen molar-refractivity contribution in [1.82, 2.24) is 9.97 Å². The van der Waals surface area contributed by atoms with Crippen molar-refractivity contribution in [2.24, 2.45) is 0 Å². The van der Waals surface area contributed by atoms with Gasteiger partial charge in [0.2, 0.25) is 0 Å². The SMILES string of the molecule is CSCc1nc2sc(C(=O)OCC(=O)Nc3cc(Cl)ccc3C#N)c(C)c2c(=O)[nH]1. The second-order valence-electron chi connectivity index (χ2n) is 6.11. The van der Waals surface area contributed by atoms with Gasteiger partial charge in [0.15, 0.2) is 6.61 Å². The number of nitrogens with one attached hydrogen (secondary N) is 2. The van der Waals surface area contributed by atoms with E-state index in [4.69, 9.17) is 21.6 Å². The Balaban J connectivity index is 1.74. The molecule has 0 saturated carbocycles. The van der Waals surface area contributed by atoms with Gasteiger partial charge in [0, 0.05) is 5.02 Å². The van der Waals surface area contributed by atoms with Crippen molar-refractivity contribution in [3.8, 4) is 6.07 Å². The number of hydrogen-bond acceptors (Lipinski definition) is 8. The highest BCUT2D eigenvalue weighted by atomic mass is 35.5. The summed E-state index contributed by atoms with van der Waals surface area (Å²) in [5.74, 6) is -0.298. The monoisotopic (exact) mass is 462 g/mol. The van der Waals surface area contributed by atoms with E-state index in [0.29, 0.717) is 32.4 Å². The first kappa shape index (κ1) is 21.8. The average Bonchev–Trinajstić information content (AvgIpc) is 3.03. The van der Waals surface area contributed by atoms with Gasteiger partial charge in [-0.15, -0.1) is 11.3 Å². The summed E-state index contributed by atoms with van der Waals surface area (Å²) in [6, 6.07) is 6.37. The maximum absolute atomic E-state index is 12.5. The molecule has 2 aromatic heterocycles. The van der Waals surface area contributed by atoms with Crippen molar-refractivity contribution in [2.45, 2.75) is 12.7 Å². The highest BCUT2D eigenvalue weighted by molar-refractivity contribution is 7.97. The molecule has 0 unspecified atom stereocenters. The number of benzene rings is 1. The van der Waals surface area contributed by atoms with E-state index in [9.17, 15) is 14.4 Å². The fraction of sp³-hybridized carbons (Fsp3) is 0.211. The lowest BCUT2D eigenvalue weighted by atomic mass is 10.2. The van der Waals surface area contributed by atoms with E-state index in [2.05, 4.69) is 15.3 Å². The number of halogens is 1. The van der Waals surface area contributed by atoms with Crippen LogP contribution in [-0.2, 0) is 15.3 Å². The Morgan fingerprint density at radius 3 is 2.90 bits per heavy atom. The number of thioether (sulfide) groups is 1. The van der Waals surface area contributed by atoms with Crippen molar-refractivity contribution >= 4 is 62.5 Å². The molecule has 11 heteroatoms. The predicted molar refractivity (Wildman–Crippen MR) is 117 cm³/mol. The van der Waals surface area contributed by atoms with Gasteiger partial charge in [0.25, 0.3) is 11.5 Å². The van der Waals surface area contributed by atoms with Crippen molar-refractivity contribution in [1.29, 1.82) is 5.26 Å². The molecule has 0 aliphatic rings. The third-order valence-electron chi connectivity index (χ3n) is 4.03. The summed E-state index contributed by atoms with van der Waals surface area (Å²) in [4.78, 5) is 44.7. The molecule has 2 N–H and O–H groups in total. The number of aromatic nitrogens is 2. The Morgan fingerprint density at radius 1 is 1.43 bits per heavy atom. The van der Waals surface area contributed by atoms with E-state index in [-0.39, 0.29) is 21.7 Å². The summed E-state index contributed by atoms with van der Waals surface area (Å²) in [6.07, 6.45) is 1.89. The molecule has 3 aromatic rings. The molecule has 1 aromatic carbocycles. The van der Waals surface area contributed by atoms with Crippen LogP contribution in [0.5, 0.6) is 0 Å². The molecule has 3 rings (SSSR count). The lowest BCUT2D eigenvalue weighted by Gasteiger charge is -2.08. The van der Waals surface area contributed by atoms with Gasteiger partial charge in [-0.3, -0.25) is 9.59 Å². The first-order valence-electron chi connectivity index (χ1n) is 8.52. The van der Waals surface area contributed by atoms with E-state index < -0.39 is 18.5 Å². The molecule has 0 fully saturated rings. The number of aryl methyl sites for hydroxylation is 1. The Bertz CT molecular complexity index is 1250. The van der Waals surface area contributed by atoms with E-state index in [1.165, 1.54) is 30.0 Å². The van der Waals surface area contributed by atoms with Crippen LogP contribution in [0.1, 0.15) is 26.6 Å². The zero-order valence-electron chi connectivity index (χ0n) is 15.9. The second-order valence-corrected chi connectivity index (χ2v) is 8.41. The fourth-order valence-electron chi connectivity index (χ4n) is 2.69. The van der Waals surface area contributed by atoms with Gasteiger partial charge < -0.3 is 15.0 Å². The molecule has 0 radical (unpaired) electrons. The number of hydrogen-bond donors (Lipinski definition) is 2. The number of amides is 1. The molecular formula is C19H15ClN4O4S2. The van der Waals surface area contributed by atoms with Crippen LogP contribution in [0.2, 0.25) is 5.02 Å². The molecule has 1 amide bonds. The first-order chi connectivity index (χ1) is 14.3. The van der Waals surface area contributed by atoms with Crippen LogP contribution in [0.4, 0.5) is 5.69 Å². The summed E-state index contributed by atoms with van der Waals surface area (Å²) < 4.78 is 5.09. The summed E-state index contributed by atoms with van der Waals surface area (Å²) >= 11 is 8.44. The summed E-state index contributed by atoms with van der Waals surface area (Å²) in [5, 5.41) is 12.3. The largest absolute Gasteiger partial charge is 0.451 e. The molecule has 8 nitrogen and oxygen atoms in total. The molecule has 0 saturated heterocycles. The number of carbonyl (C=O) groups excluding carboxylic acids is 2. The van der Waals surface area contributed by atoms with Gasteiger partial charge in [-0.25, -0.2) is 9.78 Å². The van der Waals surface area contributed by atoms with E-state index in [1.807, 2.05) is 12.3 Å². The van der Waals surface area contributed by atoms with E-state index >= 15 is 0 Å². The zero-order chi connectivity index (χ0) is 21.8. The molecular weight excluding hydrogens is 448 g/mol. The highest BCUT2D eigenvalue weighted by Crippen LogP contribution is 2.28. The van der Waals surface area contributed by atoms with E-state index in [1.54, 1.807) is 6.92 Å². The number of thiophene rings is 1. The van der Waals surface area contributed by atoms with Crippen LogP contribution in [0, 0.1) is 18.3 Å². The van der Waals surface area contributed by atoms with Crippen LogP contribution in [0.15, 0.2) is 23.0 Å². The van der Waals surface area contributed by atoms with Gasteiger partial charge in [0.1, 0.15) is 21.6 Å². The van der Waals surface area contributed by atoms with Crippen LogP contribution in [0.3, 0.4) is 0 Å². The Labute approximate surface area is 184 Å². The number of nitriles is 1. The quantitative estimate of drug-likeness (QED) is 0.537. The standard InChI is InChI=1S/C19H15ClN4O4S2/c1-9-15-17(26)23-13(8-29-2)24-18(15)30-16(9)19(27)28-7-14(25)22-12-5-11(20)4-3-10(12)6-21/h3-5H,7-8H2,1-2H3,(H,22,25)(H,23,24,26). The number of esters is 1. The highest BCUT2D eigenvalue weighted by Gasteiger charge is 2.21. The molecule has 30 heavy (non-hydrogen) atoms. The predicted octanol–water partition coefficient (Wildman–Crippen LogP) is 3.48. The third-order valence-corrected chi connectivity index (χ3v) is 5.99. The Morgan fingerprint density at radius 2 is 2.20 bits per heavy atom. The van der Waals surface area contributed by atoms with Gasteiger partial charge in [-0.05, 0) is 36.9 Å². The van der Waals surface area contributed by atoms with Gasteiger partial charge in [-0.2, -0.15) is 17.0 Å². The van der Waals surface area contributed by atoms with Gasteiger partial charge >= 0.3 is 5.97 Å². The summed E-state index contributed by atoms with van der Waals surface area (Å²) in [5.41, 5.74) is 0.581. The normalized spacial score (nSPS) is 10.6. The molecule has 154 valence electrons. The summed E-state index contributed by atoms with van der Waals surface area (Å²) in [7, 11) is 0. The molecule has 2 heterocycles. The second kappa shape index (κ2) is 9.30. The molecule has 0 atom stereocenters. The minimum Gasteiger partial charge on any atom is -0.451 e. The van der Waals surface area contributed by atoms with Crippen molar-refractivity contribution in [3.05, 3.63) is 55.4 Å². The van der Waals surface area contributed by atoms with Crippen molar-refractivity contribution in [2.75, 3.05) is 18.2 Å². The maximum Gasteiger partial charge on any atom is 0.349 e. The molecule has 0 spiro atoms. The first-order valence-corrected chi connectivity index (χ1v) is 11.1. The fourth-order valence-corrected chi connectivity index (χ4v) is 4.37. The number of carbonyl (C=O) groups is 2. The minimum absolute atomic E-state index is 0.206. The van der Waals surface area contributed by atoms with Crippen molar-refractivity contribution < 1.29 is 14.3 Å². The van der Waals surface area contributed by atoms with Gasteiger partial charge in [-0.1, -0.05) is 11.6 Å². The number of fused-ring (bicyclic) bond motifs is 1. The minimum atomic E-state index is -0.733. The Kier molecular flexibility index (Phi) is 6.77. The molecule has 0 bridgehead atoms. The summed E-state index contributed by atoms with van der Waals surface area (Å²) in [6.45, 7) is 1.07. The van der Waals surface area contributed by atoms with Crippen LogP contribution >= 0.6 is 34.7 Å². The van der Waals surface area contributed by atoms with Gasteiger partial charge in [0.05, 0.1) is 22.4 Å².